The van der Waals surface area contributed by atoms with Gasteiger partial charge in [0.2, 0.25) is 11.8 Å². The predicted octanol–water partition coefficient (Wildman–Crippen LogP) is 5.29. The maximum atomic E-state index is 12.8. The molecule has 4 aromatic rings. The number of rotatable bonds is 5. The van der Waals surface area contributed by atoms with Crippen molar-refractivity contribution in [3.8, 4) is 22.9 Å². The zero-order chi connectivity index (χ0) is 21.1. The van der Waals surface area contributed by atoms with Gasteiger partial charge in [0.15, 0.2) is 0 Å². The van der Waals surface area contributed by atoms with Gasteiger partial charge in [0.25, 0.3) is 5.91 Å². The summed E-state index contributed by atoms with van der Waals surface area (Å²) in [7, 11) is 1.81. The van der Waals surface area contributed by atoms with Crippen molar-refractivity contribution in [1.82, 2.24) is 15.1 Å². The number of hydrogen-bond acceptors (Lipinski definition) is 4. The minimum absolute atomic E-state index is 0.0340. The van der Waals surface area contributed by atoms with Crippen LogP contribution < -0.4 is 0 Å². The lowest BCUT2D eigenvalue weighted by Gasteiger charge is -2.17. The normalized spacial score (nSPS) is 10.8. The molecule has 0 spiro atoms. The highest BCUT2D eigenvalue weighted by atomic mass is 16.4. The summed E-state index contributed by atoms with van der Waals surface area (Å²) in [5.74, 6) is 0.884. The Labute approximate surface area is 176 Å². The number of carbonyl (C=O) groups is 1. The molecule has 0 saturated heterocycles. The first kappa shape index (κ1) is 19.6. The fourth-order valence-electron chi connectivity index (χ4n) is 3.28. The summed E-state index contributed by atoms with van der Waals surface area (Å²) in [6.45, 7) is 4.62. The van der Waals surface area contributed by atoms with E-state index >= 15 is 0 Å². The van der Waals surface area contributed by atoms with Crippen molar-refractivity contribution >= 4 is 5.91 Å². The monoisotopic (exact) mass is 397 g/mol. The number of aryl methyl sites for hydroxylation is 2. The molecule has 4 rings (SSSR count). The van der Waals surface area contributed by atoms with Crippen molar-refractivity contribution in [2.24, 2.45) is 0 Å². The second kappa shape index (κ2) is 8.33. The fourth-order valence-corrected chi connectivity index (χ4v) is 3.28. The van der Waals surface area contributed by atoms with Crippen LogP contribution in [0.4, 0.5) is 0 Å². The van der Waals surface area contributed by atoms with E-state index in [0.29, 0.717) is 23.9 Å². The van der Waals surface area contributed by atoms with Gasteiger partial charge in [-0.05, 0) is 55.3 Å². The average Bonchev–Trinajstić information content (AvgIpc) is 3.25. The fraction of sp³-hybridized carbons (Fsp3) is 0.160. The molecule has 0 saturated carbocycles. The minimum atomic E-state index is -0.0340. The van der Waals surface area contributed by atoms with Gasteiger partial charge in [-0.2, -0.15) is 0 Å². The second-order valence-electron chi connectivity index (χ2n) is 7.45. The summed E-state index contributed by atoms with van der Waals surface area (Å²) >= 11 is 0. The molecule has 0 N–H and O–H groups in total. The Bertz CT molecular complexity index is 1160. The van der Waals surface area contributed by atoms with Gasteiger partial charge in [0.05, 0.1) is 0 Å². The second-order valence-corrected chi connectivity index (χ2v) is 7.45. The molecule has 3 aromatic carbocycles. The number of benzene rings is 3. The molecule has 0 unspecified atom stereocenters. The van der Waals surface area contributed by atoms with Crippen molar-refractivity contribution < 1.29 is 9.21 Å². The van der Waals surface area contributed by atoms with Crippen LogP contribution in [-0.4, -0.2) is 28.1 Å². The molecular formula is C25H23N3O2. The number of nitrogens with zero attached hydrogens (tertiary/aromatic N) is 3. The summed E-state index contributed by atoms with van der Waals surface area (Å²) in [6.07, 6.45) is 0. The Kier molecular flexibility index (Phi) is 5.44. The summed E-state index contributed by atoms with van der Waals surface area (Å²) < 4.78 is 5.86. The number of aromatic nitrogens is 2. The van der Waals surface area contributed by atoms with Gasteiger partial charge in [0, 0.05) is 30.3 Å². The Morgan fingerprint density at radius 3 is 2.23 bits per heavy atom. The van der Waals surface area contributed by atoms with E-state index in [0.717, 1.165) is 22.3 Å². The van der Waals surface area contributed by atoms with Crippen LogP contribution in [0.15, 0.2) is 77.2 Å². The molecule has 0 aliphatic carbocycles. The Morgan fingerprint density at radius 2 is 1.53 bits per heavy atom. The van der Waals surface area contributed by atoms with E-state index < -0.39 is 0 Å². The van der Waals surface area contributed by atoms with Gasteiger partial charge in [-0.25, -0.2) is 0 Å². The molecule has 30 heavy (non-hydrogen) atoms. The lowest BCUT2D eigenvalue weighted by atomic mass is 10.1. The summed E-state index contributed by atoms with van der Waals surface area (Å²) in [5, 5.41) is 8.34. The average molecular weight is 397 g/mol. The van der Waals surface area contributed by atoms with Gasteiger partial charge in [-0.3, -0.25) is 4.79 Å². The van der Waals surface area contributed by atoms with E-state index in [2.05, 4.69) is 22.3 Å². The van der Waals surface area contributed by atoms with Crippen molar-refractivity contribution in [3.05, 3.63) is 95.1 Å². The van der Waals surface area contributed by atoms with Gasteiger partial charge >= 0.3 is 0 Å². The highest BCUT2D eigenvalue weighted by molar-refractivity contribution is 5.94. The topological polar surface area (TPSA) is 59.2 Å². The first-order valence-corrected chi connectivity index (χ1v) is 9.82. The molecule has 0 fully saturated rings. The summed E-state index contributed by atoms with van der Waals surface area (Å²) in [4.78, 5) is 14.5. The Morgan fingerprint density at radius 1 is 0.867 bits per heavy atom. The lowest BCUT2D eigenvalue weighted by molar-refractivity contribution is 0.0785. The van der Waals surface area contributed by atoms with Crippen LogP contribution in [0.25, 0.3) is 22.9 Å². The van der Waals surface area contributed by atoms with Crippen LogP contribution in [0.2, 0.25) is 0 Å². The highest BCUT2D eigenvalue weighted by Gasteiger charge is 2.15. The van der Waals surface area contributed by atoms with Crippen molar-refractivity contribution in [2.45, 2.75) is 20.4 Å². The molecule has 1 aromatic heterocycles. The molecule has 5 heteroatoms. The van der Waals surface area contributed by atoms with E-state index in [9.17, 15) is 4.79 Å². The zero-order valence-electron chi connectivity index (χ0n) is 17.3. The molecule has 1 heterocycles. The molecule has 1 amide bonds. The standard InChI is InChI=1S/C25H23N3O2/c1-17-8-10-19(11-9-17)16-28(3)25(29)21-14-12-20(13-15-21)23-26-27-24(30-23)22-7-5-4-6-18(22)2/h4-15H,16H2,1-3H3. The third kappa shape index (κ3) is 4.15. The van der Waals surface area contributed by atoms with E-state index in [1.54, 1.807) is 17.0 Å². The van der Waals surface area contributed by atoms with Crippen LogP contribution in [0, 0.1) is 13.8 Å². The first-order chi connectivity index (χ1) is 14.5. The molecule has 0 bridgehead atoms. The maximum absolute atomic E-state index is 12.8. The first-order valence-electron chi connectivity index (χ1n) is 9.82. The van der Waals surface area contributed by atoms with Crippen LogP contribution in [-0.2, 0) is 6.54 Å². The molecule has 150 valence electrons. The van der Waals surface area contributed by atoms with Gasteiger partial charge in [0.1, 0.15) is 0 Å². The molecule has 0 atom stereocenters. The van der Waals surface area contributed by atoms with Gasteiger partial charge < -0.3 is 9.32 Å². The van der Waals surface area contributed by atoms with Gasteiger partial charge in [-0.15, -0.1) is 10.2 Å². The van der Waals surface area contributed by atoms with Crippen molar-refractivity contribution in [1.29, 1.82) is 0 Å². The van der Waals surface area contributed by atoms with E-state index in [4.69, 9.17) is 4.42 Å². The minimum Gasteiger partial charge on any atom is -0.416 e. The van der Waals surface area contributed by atoms with Crippen LogP contribution in [0.5, 0.6) is 0 Å². The van der Waals surface area contributed by atoms with Crippen molar-refractivity contribution in [3.63, 3.8) is 0 Å². The van der Waals surface area contributed by atoms with Gasteiger partial charge in [-0.1, -0.05) is 48.0 Å². The highest BCUT2D eigenvalue weighted by Crippen LogP contribution is 2.26. The largest absolute Gasteiger partial charge is 0.416 e. The van der Waals surface area contributed by atoms with E-state index in [1.807, 2.05) is 69.4 Å². The number of carbonyl (C=O) groups excluding carboxylic acids is 1. The molecule has 5 nitrogen and oxygen atoms in total. The lowest BCUT2D eigenvalue weighted by Crippen LogP contribution is -2.26. The third-order valence-electron chi connectivity index (χ3n) is 5.07. The van der Waals surface area contributed by atoms with E-state index in [-0.39, 0.29) is 5.91 Å². The quantitative estimate of drug-likeness (QED) is 0.459. The maximum Gasteiger partial charge on any atom is 0.253 e. The number of hydrogen-bond donors (Lipinski definition) is 0. The van der Waals surface area contributed by atoms with Crippen LogP contribution in [0.3, 0.4) is 0 Å². The zero-order valence-corrected chi connectivity index (χ0v) is 17.3. The molecule has 0 radical (unpaired) electrons. The molecular weight excluding hydrogens is 374 g/mol. The summed E-state index contributed by atoms with van der Waals surface area (Å²) in [5.41, 5.74) is 5.69. The third-order valence-corrected chi connectivity index (χ3v) is 5.07. The molecule has 0 aliphatic heterocycles. The Balaban J connectivity index is 1.48. The SMILES string of the molecule is Cc1ccc(CN(C)C(=O)c2ccc(-c3nnc(-c4ccccc4C)o3)cc2)cc1. The van der Waals surface area contributed by atoms with E-state index in [1.165, 1.54) is 5.56 Å². The predicted molar refractivity (Wildman–Crippen MR) is 117 cm³/mol. The smallest absolute Gasteiger partial charge is 0.253 e. The number of amides is 1. The van der Waals surface area contributed by atoms with Crippen molar-refractivity contribution in [2.75, 3.05) is 7.05 Å². The summed E-state index contributed by atoms with van der Waals surface area (Å²) in [6, 6.07) is 23.3. The van der Waals surface area contributed by atoms with Crippen LogP contribution >= 0.6 is 0 Å². The van der Waals surface area contributed by atoms with Crippen LogP contribution in [0.1, 0.15) is 27.0 Å². The molecule has 0 aliphatic rings. The Hall–Kier alpha value is -3.73.